The second-order valence-electron chi connectivity index (χ2n) is 7.68. The number of hydrogen-bond acceptors (Lipinski definition) is 4. The third kappa shape index (κ3) is 3.98. The molecule has 2 aliphatic rings. The average molecular weight is 294 g/mol. The first kappa shape index (κ1) is 16.3. The molecule has 0 aromatic carbocycles. The van der Waals surface area contributed by atoms with Crippen molar-refractivity contribution < 1.29 is 9.47 Å². The van der Waals surface area contributed by atoms with Crippen LogP contribution in [0.4, 0.5) is 0 Å². The molecule has 2 aliphatic heterocycles. The molecule has 0 aromatic rings. The van der Waals surface area contributed by atoms with Crippen LogP contribution < -0.4 is 0 Å². The standard InChI is InChI=1S/C17H30N2O2/c1-11(2)7-13-9-20-15(18-13)17(5,6)16-19-14(10-21-16)8-12(3)4/h11-14H,7-10H2,1-6H3/t13-,14-/m1/s1. The van der Waals surface area contributed by atoms with Crippen LogP contribution in [0.5, 0.6) is 0 Å². The molecule has 21 heavy (non-hydrogen) atoms. The molecule has 0 saturated carbocycles. The molecule has 0 saturated heterocycles. The van der Waals surface area contributed by atoms with Crippen molar-refractivity contribution >= 4 is 11.8 Å². The minimum atomic E-state index is -0.350. The monoisotopic (exact) mass is 294 g/mol. The average Bonchev–Trinajstić information content (AvgIpc) is 2.97. The lowest BCUT2D eigenvalue weighted by molar-refractivity contribution is 0.255. The molecule has 0 fully saturated rings. The molecule has 120 valence electrons. The molecule has 0 aliphatic carbocycles. The van der Waals surface area contributed by atoms with E-state index in [1.165, 1.54) is 0 Å². The third-order valence-corrected chi connectivity index (χ3v) is 3.98. The molecule has 2 heterocycles. The van der Waals surface area contributed by atoms with Crippen LogP contribution in [-0.4, -0.2) is 37.1 Å². The smallest absolute Gasteiger partial charge is 0.199 e. The van der Waals surface area contributed by atoms with Crippen LogP contribution in [0.25, 0.3) is 0 Å². The van der Waals surface area contributed by atoms with Gasteiger partial charge in [0.15, 0.2) is 11.8 Å². The lowest BCUT2D eigenvalue weighted by atomic mass is 9.92. The Bertz CT molecular complexity index is 387. The molecule has 0 unspecified atom stereocenters. The second-order valence-corrected chi connectivity index (χ2v) is 7.68. The molecule has 0 amide bonds. The van der Waals surface area contributed by atoms with Crippen molar-refractivity contribution in [3.8, 4) is 0 Å². The number of nitrogens with zero attached hydrogens (tertiary/aromatic N) is 2. The number of ether oxygens (including phenoxy) is 2. The summed E-state index contributed by atoms with van der Waals surface area (Å²) >= 11 is 0. The van der Waals surface area contributed by atoms with Gasteiger partial charge < -0.3 is 9.47 Å². The van der Waals surface area contributed by atoms with Gasteiger partial charge in [-0.05, 0) is 38.5 Å². The van der Waals surface area contributed by atoms with Gasteiger partial charge in [0.2, 0.25) is 0 Å². The van der Waals surface area contributed by atoms with Gasteiger partial charge in [-0.25, -0.2) is 9.98 Å². The van der Waals surface area contributed by atoms with Crippen molar-refractivity contribution in [3.05, 3.63) is 0 Å². The predicted molar refractivity (Wildman–Crippen MR) is 87.0 cm³/mol. The molecular weight excluding hydrogens is 264 g/mol. The minimum absolute atomic E-state index is 0.285. The topological polar surface area (TPSA) is 43.2 Å². The number of rotatable bonds is 6. The summed E-state index contributed by atoms with van der Waals surface area (Å²) in [4.78, 5) is 9.53. The number of hydrogen-bond donors (Lipinski definition) is 0. The normalized spacial score (nSPS) is 25.9. The van der Waals surface area contributed by atoms with Gasteiger partial charge in [0.25, 0.3) is 0 Å². The quantitative estimate of drug-likeness (QED) is 0.749. The first-order valence-electron chi connectivity index (χ1n) is 8.21. The van der Waals surface area contributed by atoms with Gasteiger partial charge in [0, 0.05) is 0 Å². The SMILES string of the molecule is CC(C)C[C@@H]1COC(C(C)(C)C2=N[C@H](CC(C)C)CO2)=N1. The van der Waals surface area contributed by atoms with Crippen LogP contribution in [0.1, 0.15) is 54.4 Å². The van der Waals surface area contributed by atoms with Crippen molar-refractivity contribution in [1.29, 1.82) is 0 Å². The van der Waals surface area contributed by atoms with E-state index >= 15 is 0 Å². The Balaban J connectivity index is 2.05. The highest BCUT2D eigenvalue weighted by Crippen LogP contribution is 2.30. The summed E-state index contributed by atoms with van der Waals surface area (Å²) in [6.45, 7) is 14.5. The van der Waals surface area contributed by atoms with E-state index in [1.807, 2.05) is 0 Å². The van der Waals surface area contributed by atoms with Crippen LogP contribution in [0.15, 0.2) is 9.98 Å². The van der Waals surface area contributed by atoms with Crippen LogP contribution >= 0.6 is 0 Å². The van der Waals surface area contributed by atoms with E-state index in [1.54, 1.807) is 0 Å². The summed E-state index contributed by atoms with van der Waals surface area (Å²) in [5, 5.41) is 0. The second kappa shape index (κ2) is 6.37. The molecule has 2 rings (SSSR count). The van der Waals surface area contributed by atoms with Gasteiger partial charge in [-0.2, -0.15) is 0 Å². The predicted octanol–water partition coefficient (Wildman–Crippen LogP) is 3.70. The first-order chi connectivity index (χ1) is 9.79. The van der Waals surface area contributed by atoms with E-state index in [0.717, 1.165) is 24.6 Å². The number of aliphatic imine (C=N–C) groups is 2. The van der Waals surface area contributed by atoms with Crippen molar-refractivity contribution in [2.45, 2.75) is 66.5 Å². The Hall–Kier alpha value is -1.06. The largest absolute Gasteiger partial charge is 0.478 e. The fraction of sp³-hybridized carbons (Fsp3) is 0.882. The van der Waals surface area contributed by atoms with E-state index in [-0.39, 0.29) is 17.5 Å². The molecule has 0 bridgehead atoms. The summed E-state index contributed by atoms with van der Waals surface area (Å²) in [5.74, 6) is 2.86. The fourth-order valence-corrected chi connectivity index (χ4v) is 2.94. The van der Waals surface area contributed by atoms with Gasteiger partial charge in [-0.1, -0.05) is 27.7 Å². The Labute approximate surface area is 129 Å². The summed E-state index contributed by atoms with van der Waals surface area (Å²) in [6, 6.07) is 0.570. The minimum Gasteiger partial charge on any atom is -0.478 e. The molecule has 4 nitrogen and oxygen atoms in total. The van der Waals surface area contributed by atoms with Crippen molar-refractivity contribution in [2.24, 2.45) is 27.2 Å². The maximum atomic E-state index is 5.85. The summed E-state index contributed by atoms with van der Waals surface area (Å²) in [5.41, 5.74) is -0.350. The van der Waals surface area contributed by atoms with Gasteiger partial charge in [-0.15, -0.1) is 0 Å². The highest BCUT2D eigenvalue weighted by molar-refractivity contribution is 6.05. The van der Waals surface area contributed by atoms with Crippen LogP contribution in [0, 0.1) is 17.3 Å². The van der Waals surface area contributed by atoms with E-state index < -0.39 is 0 Å². The van der Waals surface area contributed by atoms with Crippen molar-refractivity contribution in [2.75, 3.05) is 13.2 Å². The summed E-state index contributed by atoms with van der Waals surface area (Å²) < 4.78 is 11.7. The first-order valence-corrected chi connectivity index (χ1v) is 8.21. The van der Waals surface area contributed by atoms with E-state index in [9.17, 15) is 0 Å². The Morgan fingerprint density at radius 3 is 1.62 bits per heavy atom. The zero-order valence-corrected chi connectivity index (χ0v) is 14.3. The molecule has 0 spiro atoms. The van der Waals surface area contributed by atoms with Gasteiger partial charge in [-0.3, -0.25) is 0 Å². The Kier molecular flexibility index (Phi) is 4.95. The molecule has 4 heteroatoms. The van der Waals surface area contributed by atoms with Gasteiger partial charge >= 0.3 is 0 Å². The Morgan fingerprint density at radius 2 is 1.29 bits per heavy atom. The molecule has 0 radical (unpaired) electrons. The highest BCUT2D eigenvalue weighted by atomic mass is 16.5. The summed E-state index contributed by atoms with van der Waals surface area (Å²) in [7, 11) is 0. The van der Waals surface area contributed by atoms with Gasteiger partial charge in [0.05, 0.1) is 12.1 Å². The maximum absolute atomic E-state index is 5.85. The van der Waals surface area contributed by atoms with Crippen LogP contribution in [-0.2, 0) is 9.47 Å². The zero-order valence-electron chi connectivity index (χ0n) is 14.3. The van der Waals surface area contributed by atoms with Gasteiger partial charge in [0.1, 0.15) is 18.6 Å². The van der Waals surface area contributed by atoms with Crippen molar-refractivity contribution in [1.82, 2.24) is 0 Å². The lowest BCUT2D eigenvalue weighted by Gasteiger charge is -2.22. The van der Waals surface area contributed by atoms with E-state index in [4.69, 9.17) is 19.5 Å². The van der Waals surface area contributed by atoms with Crippen LogP contribution in [0.2, 0.25) is 0 Å². The Morgan fingerprint density at radius 1 is 0.905 bits per heavy atom. The zero-order chi connectivity index (χ0) is 15.6. The van der Waals surface area contributed by atoms with E-state index in [2.05, 4.69) is 41.5 Å². The third-order valence-electron chi connectivity index (χ3n) is 3.98. The van der Waals surface area contributed by atoms with Crippen LogP contribution in [0.3, 0.4) is 0 Å². The molecule has 2 atom stereocenters. The van der Waals surface area contributed by atoms with Crippen molar-refractivity contribution in [3.63, 3.8) is 0 Å². The maximum Gasteiger partial charge on any atom is 0.199 e. The molecular formula is C17H30N2O2. The van der Waals surface area contributed by atoms with E-state index in [0.29, 0.717) is 25.0 Å². The summed E-state index contributed by atoms with van der Waals surface area (Å²) in [6.07, 6.45) is 2.14. The molecule has 0 N–H and O–H groups in total. The highest BCUT2D eigenvalue weighted by Gasteiger charge is 2.41. The lowest BCUT2D eigenvalue weighted by Crippen LogP contribution is -2.34. The molecule has 0 aromatic heterocycles. The fourth-order valence-electron chi connectivity index (χ4n) is 2.94.